The highest BCUT2D eigenvalue weighted by atomic mass is 14.6. The van der Waals surface area contributed by atoms with Gasteiger partial charge in [0, 0.05) is 5.92 Å². The number of benzene rings is 1. The van der Waals surface area contributed by atoms with Crippen LogP contribution >= 0.6 is 0 Å². The van der Waals surface area contributed by atoms with Crippen LogP contribution < -0.4 is 0 Å². The van der Waals surface area contributed by atoms with E-state index in [0.717, 1.165) is 17.4 Å². The molecule has 0 bridgehead atoms. The topological polar surface area (TPSA) is 23.8 Å². The van der Waals surface area contributed by atoms with Crippen LogP contribution in [0.1, 0.15) is 95.1 Å². The largest absolute Gasteiger partial charge is 0.198 e. The number of rotatable bonds is 5. The van der Waals surface area contributed by atoms with E-state index in [0.29, 0.717) is 11.3 Å². The summed E-state index contributed by atoms with van der Waals surface area (Å²) >= 11 is 0. The monoisotopic (exact) mass is 399 g/mol. The molecular formula is C29H37N. The molecule has 0 heterocycles. The molecule has 1 heteroatoms. The van der Waals surface area contributed by atoms with Crippen LogP contribution in [-0.2, 0) is 0 Å². The lowest BCUT2D eigenvalue weighted by atomic mass is 9.54. The van der Waals surface area contributed by atoms with Crippen molar-refractivity contribution >= 4 is 0 Å². The molecule has 1 aromatic rings. The van der Waals surface area contributed by atoms with Gasteiger partial charge in [0.2, 0.25) is 0 Å². The number of nitriles is 1. The Kier molecular flexibility index (Phi) is 6.06. The highest BCUT2D eigenvalue weighted by molar-refractivity contribution is 5.48. The normalized spacial score (nSPS) is 33.0. The van der Waals surface area contributed by atoms with Crippen molar-refractivity contribution in [3.05, 3.63) is 70.8 Å². The molecular weight excluding hydrogens is 362 g/mol. The molecule has 0 saturated heterocycles. The highest BCUT2D eigenvalue weighted by Crippen LogP contribution is 2.63. The standard InChI is InChI=1S/C29H37N/c1-5-8-22-15-16-25-27-10-7-17-29(27,4)18-26(28(25)24(22)9-6-2)23-13-11-21(12-14-23)20(3)19-30/h5,8,11-14,20,25-27H,1,6-7,9-10,15-18H2,2-4H3/b22-8-. The van der Waals surface area contributed by atoms with Gasteiger partial charge in [-0.3, -0.25) is 0 Å². The Morgan fingerprint density at radius 2 is 2.03 bits per heavy atom. The molecule has 0 aliphatic heterocycles. The molecule has 0 N–H and O–H groups in total. The Morgan fingerprint density at radius 3 is 2.70 bits per heavy atom. The van der Waals surface area contributed by atoms with Crippen molar-refractivity contribution in [2.24, 2.45) is 17.3 Å². The van der Waals surface area contributed by atoms with Crippen molar-refractivity contribution in [2.45, 2.75) is 84.0 Å². The predicted molar refractivity (Wildman–Crippen MR) is 126 cm³/mol. The minimum atomic E-state index is -0.0402. The molecule has 2 saturated carbocycles. The maximum Gasteiger partial charge on any atom is 0.0700 e. The molecule has 5 atom stereocenters. The maximum absolute atomic E-state index is 9.30. The van der Waals surface area contributed by atoms with E-state index in [-0.39, 0.29) is 5.92 Å². The van der Waals surface area contributed by atoms with Crippen LogP contribution in [0.25, 0.3) is 0 Å². The van der Waals surface area contributed by atoms with Crippen molar-refractivity contribution in [1.29, 1.82) is 5.26 Å². The van der Waals surface area contributed by atoms with Crippen LogP contribution in [-0.4, -0.2) is 0 Å². The molecule has 3 aliphatic carbocycles. The SMILES string of the molecule is C=C/C=C1/CCC2C(=C1CCC)C(c1ccc(C(C)C#N)cc1)CC1(C)CCCC21. The summed E-state index contributed by atoms with van der Waals surface area (Å²) in [4.78, 5) is 0. The van der Waals surface area contributed by atoms with Gasteiger partial charge in [-0.2, -0.15) is 5.26 Å². The maximum atomic E-state index is 9.30. The summed E-state index contributed by atoms with van der Waals surface area (Å²) < 4.78 is 0. The van der Waals surface area contributed by atoms with E-state index < -0.39 is 0 Å². The summed E-state index contributed by atoms with van der Waals surface area (Å²) in [6.07, 6.45) is 14.7. The van der Waals surface area contributed by atoms with Gasteiger partial charge in [0.1, 0.15) is 0 Å². The summed E-state index contributed by atoms with van der Waals surface area (Å²) in [5.74, 6) is 2.09. The third-order valence-electron chi connectivity index (χ3n) is 8.40. The Morgan fingerprint density at radius 1 is 1.27 bits per heavy atom. The van der Waals surface area contributed by atoms with E-state index in [2.05, 4.69) is 56.8 Å². The van der Waals surface area contributed by atoms with Gasteiger partial charge < -0.3 is 0 Å². The quantitative estimate of drug-likeness (QED) is 0.489. The van der Waals surface area contributed by atoms with Crippen LogP contribution in [0, 0.1) is 28.6 Å². The van der Waals surface area contributed by atoms with E-state index in [4.69, 9.17) is 0 Å². The zero-order chi connectivity index (χ0) is 21.3. The van der Waals surface area contributed by atoms with Gasteiger partial charge in [-0.05, 0) is 85.0 Å². The van der Waals surface area contributed by atoms with Crippen LogP contribution in [0.3, 0.4) is 0 Å². The Bertz CT molecular complexity index is 893. The van der Waals surface area contributed by atoms with Gasteiger partial charge in [-0.1, -0.05) is 75.3 Å². The molecule has 0 aromatic heterocycles. The van der Waals surface area contributed by atoms with E-state index >= 15 is 0 Å². The first-order chi connectivity index (χ1) is 14.5. The molecule has 0 radical (unpaired) electrons. The molecule has 0 spiro atoms. The second kappa shape index (κ2) is 8.58. The van der Waals surface area contributed by atoms with Crippen LogP contribution in [0.5, 0.6) is 0 Å². The molecule has 3 aliphatic rings. The first-order valence-corrected chi connectivity index (χ1v) is 12.1. The predicted octanol–water partition coefficient (Wildman–Crippen LogP) is 8.23. The van der Waals surface area contributed by atoms with E-state index in [9.17, 15) is 5.26 Å². The zero-order valence-electron chi connectivity index (χ0n) is 19.1. The molecule has 0 amide bonds. The van der Waals surface area contributed by atoms with Crippen molar-refractivity contribution in [2.75, 3.05) is 0 Å². The number of hydrogen-bond donors (Lipinski definition) is 0. The van der Waals surface area contributed by atoms with Crippen molar-refractivity contribution in [1.82, 2.24) is 0 Å². The summed E-state index contributed by atoms with van der Waals surface area (Å²) in [5, 5.41) is 9.30. The number of allylic oxidation sites excluding steroid dienone is 5. The van der Waals surface area contributed by atoms with Crippen molar-refractivity contribution < 1.29 is 0 Å². The van der Waals surface area contributed by atoms with Crippen LogP contribution in [0.2, 0.25) is 0 Å². The number of hydrogen-bond acceptors (Lipinski definition) is 1. The van der Waals surface area contributed by atoms with Gasteiger partial charge in [0.05, 0.1) is 12.0 Å². The molecule has 158 valence electrons. The average molecular weight is 400 g/mol. The van der Waals surface area contributed by atoms with E-state index in [1.807, 2.05) is 13.0 Å². The van der Waals surface area contributed by atoms with E-state index in [1.54, 1.807) is 16.7 Å². The summed E-state index contributed by atoms with van der Waals surface area (Å²) in [6, 6.07) is 11.4. The zero-order valence-corrected chi connectivity index (χ0v) is 19.1. The second-order valence-electron chi connectivity index (χ2n) is 10.2. The van der Waals surface area contributed by atoms with Crippen LogP contribution in [0.15, 0.2) is 59.7 Å². The lowest BCUT2D eigenvalue weighted by Gasteiger charge is -2.51. The molecule has 5 unspecified atom stereocenters. The third kappa shape index (κ3) is 3.60. The van der Waals surface area contributed by atoms with Crippen molar-refractivity contribution in [3.8, 4) is 6.07 Å². The Balaban J connectivity index is 1.84. The Labute approximate surface area is 183 Å². The van der Waals surface area contributed by atoms with Crippen molar-refractivity contribution in [3.63, 3.8) is 0 Å². The minimum absolute atomic E-state index is 0.0402. The molecule has 4 rings (SSSR count). The minimum Gasteiger partial charge on any atom is -0.198 e. The molecule has 1 nitrogen and oxygen atoms in total. The first kappa shape index (κ1) is 21.2. The van der Waals surface area contributed by atoms with Gasteiger partial charge in [0.15, 0.2) is 0 Å². The van der Waals surface area contributed by atoms with Gasteiger partial charge in [-0.25, -0.2) is 0 Å². The number of fused-ring (bicyclic) bond motifs is 3. The second-order valence-corrected chi connectivity index (χ2v) is 10.2. The lowest BCUT2D eigenvalue weighted by molar-refractivity contribution is 0.106. The summed E-state index contributed by atoms with van der Waals surface area (Å²) in [7, 11) is 0. The van der Waals surface area contributed by atoms with Crippen LogP contribution in [0.4, 0.5) is 0 Å². The number of nitrogens with zero attached hydrogens (tertiary/aromatic N) is 1. The van der Waals surface area contributed by atoms with Gasteiger partial charge in [-0.15, -0.1) is 0 Å². The molecule has 30 heavy (non-hydrogen) atoms. The van der Waals surface area contributed by atoms with E-state index in [1.165, 1.54) is 56.9 Å². The fraction of sp³-hybridized carbons (Fsp3) is 0.552. The average Bonchev–Trinajstić information content (AvgIpc) is 3.16. The highest BCUT2D eigenvalue weighted by Gasteiger charge is 2.52. The fourth-order valence-electron chi connectivity index (χ4n) is 6.96. The fourth-order valence-corrected chi connectivity index (χ4v) is 6.96. The Hall–Kier alpha value is -2.07. The summed E-state index contributed by atoms with van der Waals surface area (Å²) in [6.45, 7) is 10.9. The first-order valence-electron chi connectivity index (χ1n) is 12.1. The summed E-state index contributed by atoms with van der Waals surface area (Å²) in [5.41, 5.74) is 8.04. The lowest BCUT2D eigenvalue weighted by Crippen LogP contribution is -2.40. The van der Waals surface area contributed by atoms with Gasteiger partial charge >= 0.3 is 0 Å². The smallest absolute Gasteiger partial charge is 0.0700 e. The molecule has 2 fully saturated rings. The van der Waals surface area contributed by atoms with Gasteiger partial charge in [0.25, 0.3) is 0 Å². The molecule has 1 aromatic carbocycles. The third-order valence-corrected chi connectivity index (χ3v) is 8.40.